The van der Waals surface area contributed by atoms with Gasteiger partial charge in [0.05, 0.1) is 8.68 Å². The number of alkyl halides is 1. The first kappa shape index (κ1) is 17.4. The second-order valence-electron chi connectivity index (χ2n) is 4.64. The zero-order valence-electron chi connectivity index (χ0n) is 11.3. The van der Waals surface area contributed by atoms with Crippen molar-refractivity contribution in [2.75, 3.05) is 12.4 Å². The third-order valence-corrected chi connectivity index (χ3v) is 7.33. The van der Waals surface area contributed by atoms with Crippen molar-refractivity contribution in [2.45, 2.75) is 38.5 Å². The standard InChI is InChI=1S/C12H19BrClNO2S2/c1-4-12(5-2,7-14)8-15-19(16,17)10-6-11(13)18-9(10)3/h6,15H,4-5,7-8H2,1-3H3. The molecule has 1 aromatic heterocycles. The smallest absolute Gasteiger partial charge is 0.211 e. The van der Waals surface area contributed by atoms with Gasteiger partial charge in [-0.3, -0.25) is 0 Å². The normalized spacial score (nSPS) is 12.9. The molecule has 0 aliphatic rings. The zero-order valence-corrected chi connectivity index (χ0v) is 15.3. The van der Waals surface area contributed by atoms with Gasteiger partial charge in [-0.15, -0.1) is 22.9 Å². The van der Waals surface area contributed by atoms with Crippen LogP contribution in [0.25, 0.3) is 0 Å². The highest BCUT2D eigenvalue weighted by Gasteiger charge is 2.28. The lowest BCUT2D eigenvalue weighted by Crippen LogP contribution is -2.38. The molecule has 1 rings (SSSR count). The van der Waals surface area contributed by atoms with Gasteiger partial charge in [-0.1, -0.05) is 13.8 Å². The van der Waals surface area contributed by atoms with Gasteiger partial charge in [-0.2, -0.15) is 0 Å². The molecule has 1 heterocycles. The highest BCUT2D eigenvalue weighted by atomic mass is 79.9. The van der Waals surface area contributed by atoms with Crippen LogP contribution in [0.4, 0.5) is 0 Å². The van der Waals surface area contributed by atoms with E-state index in [0.29, 0.717) is 17.3 Å². The predicted octanol–water partition coefficient (Wildman–Crippen LogP) is 4.14. The lowest BCUT2D eigenvalue weighted by Gasteiger charge is -2.29. The first-order valence-electron chi connectivity index (χ1n) is 6.12. The molecule has 0 aromatic carbocycles. The maximum atomic E-state index is 12.3. The third kappa shape index (κ3) is 4.17. The number of halogens is 2. The van der Waals surface area contributed by atoms with Crippen molar-refractivity contribution in [2.24, 2.45) is 5.41 Å². The first-order valence-corrected chi connectivity index (χ1v) is 9.74. The van der Waals surface area contributed by atoms with Gasteiger partial charge in [0.1, 0.15) is 0 Å². The van der Waals surface area contributed by atoms with Gasteiger partial charge < -0.3 is 0 Å². The fourth-order valence-corrected chi connectivity index (χ4v) is 5.80. The van der Waals surface area contributed by atoms with Gasteiger partial charge in [0.25, 0.3) is 0 Å². The van der Waals surface area contributed by atoms with Gasteiger partial charge in [0.2, 0.25) is 10.0 Å². The van der Waals surface area contributed by atoms with Crippen LogP contribution in [0, 0.1) is 12.3 Å². The summed E-state index contributed by atoms with van der Waals surface area (Å²) in [5, 5.41) is 0. The van der Waals surface area contributed by atoms with Crippen molar-refractivity contribution < 1.29 is 8.42 Å². The zero-order chi connectivity index (χ0) is 14.7. The summed E-state index contributed by atoms with van der Waals surface area (Å²) in [6, 6.07) is 1.64. The number of sulfonamides is 1. The average Bonchev–Trinajstić information content (AvgIpc) is 2.72. The lowest BCUT2D eigenvalue weighted by molar-refractivity contribution is 0.304. The molecule has 0 spiro atoms. The largest absolute Gasteiger partial charge is 0.241 e. The Bertz CT molecular complexity index is 516. The Morgan fingerprint density at radius 2 is 2.00 bits per heavy atom. The molecule has 0 saturated heterocycles. The summed E-state index contributed by atoms with van der Waals surface area (Å²) in [6.07, 6.45) is 1.70. The van der Waals surface area contributed by atoms with Crippen LogP contribution in [0.15, 0.2) is 14.7 Å². The van der Waals surface area contributed by atoms with E-state index in [0.717, 1.165) is 21.5 Å². The van der Waals surface area contributed by atoms with Gasteiger partial charge >= 0.3 is 0 Å². The van der Waals surface area contributed by atoms with E-state index in [4.69, 9.17) is 11.6 Å². The molecule has 0 fully saturated rings. The molecule has 0 atom stereocenters. The SMILES string of the molecule is CCC(CC)(CCl)CNS(=O)(=O)c1cc(Br)sc1C. The predicted molar refractivity (Wildman–Crippen MR) is 85.7 cm³/mol. The second kappa shape index (κ2) is 6.89. The number of hydrogen-bond acceptors (Lipinski definition) is 3. The maximum absolute atomic E-state index is 12.3. The molecular weight excluding hydrogens is 370 g/mol. The van der Waals surface area contributed by atoms with Crippen molar-refractivity contribution in [1.82, 2.24) is 4.72 Å². The Balaban J connectivity index is 2.90. The molecule has 3 nitrogen and oxygen atoms in total. The molecule has 0 saturated carbocycles. The highest BCUT2D eigenvalue weighted by molar-refractivity contribution is 9.11. The Kier molecular flexibility index (Phi) is 6.32. The molecule has 1 aromatic rings. The van der Waals surface area contributed by atoms with Crippen LogP contribution in [0.2, 0.25) is 0 Å². The van der Waals surface area contributed by atoms with Gasteiger partial charge in [0.15, 0.2) is 0 Å². The molecule has 0 aliphatic heterocycles. The van der Waals surface area contributed by atoms with E-state index in [1.807, 2.05) is 13.8 Å². The number of hydrogen-bond donors (Lipinski definition) is 1. The Hall–Kier alpha value is 0.380. The molecular formula is C12H19BrClNO2S2. The van der Waals surface area contributed by atoms with E-state index >= 15 is 0 Å². The van der Waals surface area contributed by atoms with E-state index in [1.165, 1.54) is 11.3 Å². The minimum absolute atomic E-state index is 0.171. The first-order chi connectivity index (χ1) is 8.80. The van der Waals surface area contributed by atoms with Gasteiger partial charge in [0, 0.05) is 17.3 Å². The van der Waals surface area contributed by atoms with Crippen molar-refractivity contribution in [1.29, 1.82) is 0 Å². The molecule has 110 valence electrons. The minimum Gasteiger partial charge on any atom is -0.211 e. The van der Waals surface area contributed by atoms with Crippen molar-refractivity contribution in [3.8, 4) is 0 Å². The fourth-order valence-electron chi connectivity index (χ4n) is 1.76. The Morgan fingerprint density at radius 1 is 1.42 bits per heavy atom. The summed E-state index contributed by atoms with van der Waals surface area (Å²) in [5.41, 5.74) is -0.171. The molecule has 7 heteroatoms. The molecule has 0 unspecified atom stereocenters. The van der Waals surface area contributed by atoms with Gasteiger partial charge in [-0.05, 0) is 47.2 Å². The van der Waals surface area contributed by atoms with E-state index < -0.39 is 10.0 Å². The van der Waals surface area contributed by atoms with E-state index in [-0.39, 0.29) is 5.41 Å². The molecule has 1 N–H and O–H groups in total. The molecule has 0 bridgehead atoms. The van der Waals surface area contributed by atoms with Crippen molar-refractivity contribution >= 4 is 48.9 Å². The maximum Gasteiger partial charge on any atom is 0.241 e. The molecule has 19 heavy (non-hydrogen) atoms. The Morgan fingerprint density at radius 3 is 2.37 bits per heavy atom. The van der Waals surface area contributed by atoms with E-state index in [1.54, 1.807) is 13.0 Å². The highest BCUT2D eigenvalue weighted by Crippen LogP contribution is 2.31. The molecule has 0 radical (unpaired) electrons. The Labute approximate surface area is 132 Å². The molecule has 0 amide bonds. The number of aryl methyl sites for hydroxylation is 1. The van der Waals surface area contributed by atoms with Crippen LogP contribution >= 0.6 is 38.9 Å². The summed E-state index contributed by atoms with van der Waals surface area (Å²) in [5.74, 6) is 0.453. The monoisotopic (exact) mass is 387 g/mol. The van der Waals surface area contributed by atoms with Crippen molar-refractivity contribution in [3.05, 3.63) is 14.7 Å². The third-order valence-electron chi connectivity index (χ3n) is 3.55. The summed E-state index contributed by atoms with van der Waals surface area (Å²) < 4.78 is 28.1. The minimum atomic E-state index is -3.46. The van der Waals surface area contributed by atoms with Gasteiger partial charge in [-0.25, -0.2) is 13.1 Å². The molecule has 0 aliphatic carbocycles. The van der Waals surface area contributed by atoms with Crippen LogP contribution < -0.4 is 4.72 Å². The lowest BCUT2D eigenvalue weighted by atomic mass is 9.85. The topological polar surface area (TPSA) is 46.2 Å². The van der Waals surface area contributed by atoms with Crippen LogP contribution in [0.5, 0.6) is 0 Å². The van der Waals surface area contributed by atoms with E-state index in [2.05, 4.69) is 20.7 Å². The second-order valence-corrected chi connectivity index (χ2v) is 9.27. The summed E-state index contributed by atoms with van der Waals surface area (Å²) in [7, 11) is -3.46. The number of nitrogens with one attached hydrogen (secondary N) is 1. The van der Waals surface area contributed by atoms with Crippen LogP contribution in [0.3, 0.4) is 0 Å². The number of rotatable bonds is 7. The fraction of sp³-hybridized carbons (Fsp3) is 0.667. The number of thiophene rings is 1. The van der Waals surface area contributed by atoms with Crippen LogP contribution in [0.1, 0.15) is 31.6 Å². The summed E-state index contributed by atoms with van der Waals surface area (Å²) >= 11 is 10.7. The average molecular weight is 389 g/mol. The van der Waals surface area contributed by atoms with Crippen molar-refractivity contribution in [3.63, 3.8) is 0 Å². The quantitative estimate of drug-likeness (QED) is 0.713. The summed E-state index contributed by atoms with van der Waals surface area (Å²) in [4.78, 5) is 1.13. The van der Waals surface area contributed by atoms with Crippen LogP contribution in [-0.4, -0.2) is 20.8 Å². The summed E-state index contributed by atoms with van der Waals surface area (Å²) in [6.45, 7) is 6.25. The van der Waals surface area contributed by atoms with Crippen LogP contribution in [-0.2, 0) is 10.0 Å². The van der Waals surface area contributed by atoms with E-state index in [9.17, 15) is 8.42 Å².